The second-order valence-corrected chi connectivity index (χ2v) is 13.9. The van der Waals surface area contributed by atoms with Crippen molar-refractivity contribution in [2.75, 3.05) is 4.90 Å². The zero-order valence-corrected chi connectivity index (χ0v) is 29.5. The number of anilines is 3. The molecule has 9 rings (SSSR count). The van der Waals surface area contributed by atoms with E-state index in [1.165, 1.54) is 55.6 Å². The summed E-state index contributed by atoms with van der Waals surface area (Å²) in [6.45, 7) is 0. The van der Waals surface area contributed by atoms with Crippen LogP contribution in [0.4, 0.5) is 17.1 Å². The fourth-order valence-electron chi connectivity index (χ4n) is 8.03. The zero-order valence-electron chi connectivity index (χ0n) is 28.0. The van der Waals surface area contributed by atoms with Gasteiger partial charge in [-0.2, -0.15) is 0 Å². The molecule has 2 heteroatoms. The molecule has 1 atom stereocenters. The van der Waals surface area contributed by atoms with E-state index >= 15 is 0 Å². The molecule has 0 radical (unpaired) electrons. The Morgan fingerprint density at radius 3 is 1.47 bits per heavy atom. The van der Waals surface area contributed by atoms with Crippen LogP contribution >= 0.6 is 15.9 Å². The summed E-state index contributed by atoms with van der Waals surface area (Å²) in [5, 5.41) is 0. The van der Waals surface area contributed by atoms with E-state index in [2.05, 4.69) is 227 Å². The summed E-state index contributed by atoms with van der Waals surface area (Å²) in [5.41, 5.74) is 15.3. The maximum Gasteiger partial charge on any atom is 0.0724 e. The van der Waals surface area contributed by atoms with Crippen molar-refractivity contribution in [2.24, 2.45) is 0 Å². The van der Waals surface area contributed by atoms with E-state index in [-0.39, 0.29) is 0 Å². The molecule has 0 saturated heterocycles. The molecule has 0 N–H and O–H groups in total. The molecule has 0 aromatic heterocycles. The highest BCUT2D eigenvalue weighted by atomic mass is 79.9. The lowest BCUT2D eigenvalue weighted by molar-refractivity contribution is 0.764. The number of hydrogen-bond acceptors (Lipinski definition) is 1. The van der Waals surface area contributed by atoms with E-state index in [1.807, 2.05) is 0 Å². The number of halogens is 1. The van der Waals surface area contributed by atoms with Crippen LogP contribution in [0.25, 0.3) is 33.4 Å². The first kappa shape index (κ1) is 31.1. The van der Waals surface area contributed by atoms with Crippen LogP contribution in [0.3, 0.4) is 0 Å². The molecule has 1 aliphatic carbocycles. The second-order valence-electron chi connectivity index (χ2n) is 13.0. The highest BCUT2D eigenvalue weighted by Crippen LogP contribution is 2.59. The van der Waals surface area contributed by atoms with Gasteiger partial charge in [-0.25, -0.2) is 0 Å². The van der Waals surface area contributed by atoms with Crippen LogP contribution in [-0.2, 0) is 5.41 Å². The first-order valence-corrected chi connectivity index (χ1v) is 18.2. The highest BCUT2D eigenvalue weighted by Gasteiger charge is 2.47. The van der Waals surface area contributed by atoms with Crippen molar-refractivity contribution in [3.63, 3.8) is 0 Å². The van der Waals surface area contributed by atoms with Crippen LogP contribution in [0.15, 0.2) is 211 Å². The molecule has 0 saturated carbocycles. The predicted octanol–water partition coefficient (Wildman–Crippen LogP) is 13.6. The standard InChI is InChI=1S/C49H34BrN/c50-47-26-13-12-24-45(47)49(44-23-11-10-21-43(44)48-42(22-14-25-46(48)49)37-17-6-2-7-18-37)38-29-33-41(34-30-38)51(39-19-8-3-9-20-39)40-31-27-36(28-32-40)35-15-4-1-5-16-35/h1-34H. The normalized spacial score (nSPS) is 14.5. The van der Waals surface area contributed by atoms with Gasteiger partial charge >= 0.3 is 0 Å². The third kappa shape index (κ3) is 5.23. The van der Waals surface area contributed by atoms with Crippen LogP contribution in [0, 0.1) is 0 Å². The molecule has 0 heterocycles. The molecule has 0 bridgehead atoms. The Morgan fingerprint density at radius 2 is 0.804 bits per heavy atom. The maximum absolute atomic E-state index is 4.02. The number of hydrogen-bond donors (Lipinski definition) is 0. The molecule has 0 aliphatic heterocycles. The molecular weight excluding hydrogens is 682 g/mol. The zero-order chi connectivity index (χ0) is 34.2. The molecule has 0 fully saturated rings. The lowest BCUT2D eigenvalue weighted by Crippen LogP contribution is -2.29. The van der Waals surface area contributed by atoms with E-state index < -0.39 is 5.41 Å². The number of para-hydroxylation sites is 1. The first-order valence-electron chi connectivity index (χ1n) is 17.4. The average Bonchev–Trinajstić information content (AvgIpc) is 3.51. The minimum atomic E-state index is -0.537. The van der Waals surface area contributed by atoms with Gasteiger partial charge in [-0.3, -0.25) is 0 Å². The van der Waals surface area contributed by atoms with Crippen LogP contribution in [0.5, 0.6) is 0 Å². The number of benzene rings is 8. The van der Waals surface area contributed by atoms with Gasteiger partial charge in [0.2, 0.25) is 0 Å². The Labute approximate surface area is 308 Å². The fraction of sp³-hybridized carbons (Fsp3) is 0.0204. The second kappa shape index (κ2) is 13.1. The minimum Gasteiger partial charge on any atom is -0.311 e. The molecule has 1 nitrogen and oxygen atoms in total. The third-order valence-corrected chi connectivity index (χ3v) is 10.9. The van der Waals surface area contributed by atoms with Crippen molar-refractivity contribution >= 4 is 33.0 Å². The van der Waals surface area contributed by atoms with Crippen molar-refractivity contribution in [1.82, 2.24) is 0 Å². The third-order valence-electron chi connectivity index (χ3n) is 10.2. The van der Waals surface area contributed by atoms with Gasteiger partial charge in [0.25, 0.3) is 0 Å². The van der Waals surface area contributed by atoms with Crippen LogP contribution in [0.1, 0.15) is 22.3 Å². The molecule has 8 aromatic rings. The first-order chi connectivity index (χ1) is 25.2. The molecule has 8 aromatic carbocycles. The smallest absolute Gasteiger partial charge is 0.0724 e. The van der Waals surface area contributed by atoms with Crippen LogP contribution in [-0.4, -0.2) is 0 Å². The highest BCUT2D eigenvalue weighted by molar-refractivity contribution is 9.10. The van der Waals surface area contributed by atoms with E-state index in [4.69, 9.17) is 0 Å². The van der Waals surface area contributed by atoms with E-state index in [0.29, 0.717) is 0 Å². The van der Waals surface area contributed by atoms with Crippen molar-refractivity contribution in [1.29, 1.82) is 0 Å². The molecule has 0 spiro atoms. The fourth-order valence-corrected chi connectivity index (χ4v) is 8.61. The van der Waals surface area contributed by atoms with Gasteiger partial charge in [0.05, 0.1) is 5.41 Å². The van der Waals surface area contributed by atoms with E-state index in [0.717, 1.165) is 21.5 Å². The van der Waals surface area contributed by atoms with Gasteiger partial charge in [0.1, 0.15) is 0 Å². The van der Waals surface area contributed by atoms with Gasteiger partial charge < -0.3 is 4.90 Å². The summed E-state index contributed by atoms with van der Waals surface area (Å²) in [5.74, 6) is 0. The lowest BCUT2D eigenvalue weighted by atomic mass is 9.67. The van der Waals surface area contributed by atoms with Gasteiger partial charge in [0, 0.05) is 21.5 Å². The largest absolute Gasteiger partial charge is 0.311 e. The van der Waals surface area contributed by atoms with E-state index in [9.17, 15) is 0 Å². The van der Waals surface area contributed by atoms with Gasteiger partial charge in [-0.05, 0) is 98.1 Å². The Hall–Kier alpha value is -5.96. The molecule has 242 valence electrons. The summed E-state index contributed by atoms with van der Waals surface area (Å²) >= 11 is 4.02. The van der Waals surface area contributed by atoms with Gasteiger partial charge in [-0.1, -0.05) is 180 Å². The Kier molecular flexibility index (Phi) is 7.95. The van der Waals surface area contributed by atoms with Crippen molar-refractivity contribution in [3.05, 3.63) is 233 Å². The summed E-state index contributed by atoms with van der Waals surface area (Å²) in [6.07, 6.45) is 0. The number of nitrogens with zero attached hydrogens (tertiary/aromatic N) is 1. The average molecular weight is 717 g/mol. The van der Waals surface area contributed by atoms with Gasteiger partial charge in [-0.15, -0.1) is 0 Å². The summed E-state index contributed by atoms with van der Waals surface area (Å²) in [4.78, 5) is 2.34. The minimum absolute atomic E-state index is 0.537. The molecule has 0 amide bonds. The van der Waals surface area contributed by atoms with Crippen molar-refractivity contribution < 1.29 is 0 Å². The van der Waals surface area contributed by atoms with E-state index in [1.54, 1.807) is 0 Å². The molecule has 1 unspecified atom stereocenters. The molecule has 51 heavy (non-hydrogen) atoms. The number of fused-ring (bicyclic) bond motifs is 3. The Bertz CT molecular complexity index is 2460. The topological polar surface area (TPSA) is 3.24 Å². The summed E-state index contributed by atoms with van der Waals surface area (Å²) in [6, 6.07) is 74.6. The monoisotopic (exact) mass is 715 g/mol. The van der Waals surface area contributed by atoms with Crippen LogP contribution < -0.4 is 4.90 Å². The molecular formula is C49H34BrN. The maximum atomic E-state index is 4.02. The summed E-state index contributed by atoms with van der Waals surface area (Å²) < 4.78 is 1.09. The summed E-state index contributed by atoms with van der Waals surface area (Å²) in [7, 11) is 0. The van der Waals surface area contributed by atoms with Gasteiger partial charge in [0.15, 0.2) is 0 Å². The Balaban J connectivity index is 1.24. The van der Waals surface area contributed by atoms with Crippen molar-refractivity contribution in [3.8, 4) is 33.4 Å². The predicted molar refractivity (Wildman–Crippen MR) is 217 cm³/mol. The van der Waals surface area contributed by atoms with Crippen molar-refractivity contribution in [2.45, 2.75) is 5.41 Å². The molecule has 1 aliphatic rings. The lowest BCUT2D eigenvalue weighted by Gasteiger charge is -2.35. The Morgan fingerprint density at radius 1 is 0.333 bits per heavy atom. The quantitative estimate of drug-likeness (QED) is 0.159. The number of rotatable bonds is 7. The van der Waals surface area contributed by atoms with Crippen LogP contribution in [0.2, 0.25) is 0 Å². The SMILES string of the molecule is Brc1ccccc1C1(c2ccc(N(c3ccccc3)c3ccc(-c4ccccc4)cc3)cc2)c2ccccc2-c2c(-c3ccccc3)cccc21.